The van der Waals surface area contributed by atoms with Gasteiger partial charge in [0.15, 0.2) is 5.13 Å². The van der Waals surface area contributed by atoms with E-state index < -0.39 is 6.04 Å². The largest absolute Gasteiger partial charge is 0.356 e. The number of aromatic nitrogens is 1. The third-order valence-corrected chi connectivity index (χ3v) is 4.34. The Balaban J connectivity index is 1.75. The first-order chi connectivity index (χ1) is 11.1. The van der Waals surface area contributed by atoms with Crippen LogP contribution in [-0.4, -0.2) is 35.3 Å². The summed E-state index contributed by atoms with van der Waals surface area (Å²) < 4.78 is 0. The summed E-state index contributed by atoms with van der Waals surface area (Å²) in [5.74, 6) is -0.433. The summed E-state index contributed by atoms with van der Waals surface area (Å²) in [5.41, 5.74) is 0.633. The number of hydrogen-bond acceptors (Lipinski definition) is 5. The average Bonchev–Trinajstić information content (AvgIpc) is 3.13. The van der Waals surface area contributed by atoms with Crippen molar-refractivity contribution in [3.63, 3.8) is 0 Å². The summed E-state index contributed by atoms with van der Waals surface area (Å²) in [6.45, 7) is 2.80. The number of unbranched alkanes of at least 4 members (excludes halogenated alkanes) is 2. The van der Waals surface area contributed by atoms with E-state index in [9.17, 15) is 14.4 Å². The molecule has 1 aliphatic rings. The highest BCUT2D eigenvalue weighted by Crippen LogP contribution is 2.17. The van der Waals surface area contributed by atoms with Gasteiger partial charge in [-0.05, 0) is 12.8 Å². The fourth-order valence-electron chi connectivity index (χ4n) is 2.28. The number of nitrogens with zero attached hydrogens (tertiary/aromatic N) is 1. The number of amides is 3. The van der Waals surface area contributed by atoms with Crippen LogP contribution in [0.1, 0.15) is 44.7 Å². The zero-order chi connectivity index (χ0) is 16.7. The lowest BCUT2D eigenvalue weighted by atomic mass is 10.2. The first-order valence-corrected chi connectivity index (χ1v) is 8.77. The third kappa shape index (κ3) is 5.63. The number of anilines is 1. The van der Waals surface area contributed by atoms with Crippen LogP contribution in [0.4, 0.5) is 5.13 Å². The highest BCUT2D eigenvalue weighted by molar-refractivity contribution is 7.13. The van der Waals surface area contributed by atoms with Crippen molar-refractivity contribution < 1.29 is 14.4 Å². The van der Waals surface area contributed by atoms with Gasteiger partial charge in [-0.3, -0.25) is 14.4 Å². The first-order valence-electron chi connectivity index (χ1n) is 7.90. The zero-order valence-electron chi connectivity index (χ0n) is 13.2. The number of thiazole rings is 1. The summed E-state index contributed by atoms with van der Waals surface area (Å²) in [7, 11) is 0. The molecular weight excluding hydrogens is 316 g/mol. The minimum absolute atomic E-state index is 0.0627. The minimum atomic E-state index is -0.489. The molecule has 3 amide bonds. The van der Waals surface area contributed by atoms with Crippen LogP contribution in [0.25, 0.3) is 0 Å². The Morgan fingerprint density at radius 2 is 2.26 bits per heavy atom. The highest BCUT2D eigenvalue weighted by Gasteiger charge is 2.27. The van der Waals surface area contributed by atoms with Crippen LogP contribution in [-0.2, 0) is 20.8 Å². The lowest BCUT2D eigenvalue weighted by Crippen LogP contribution is -2.37. The molecule has 0 radical (unpaired) electrons. The molecule has 0 saturated carbocycles. The molecule has 0 aliphatic carbocycles. The van der Waals surface area contributed by atoms with Gasteiger partial charge < -0.3 is 16.0 Å². The molecule has 23 heavy (non-hydrogen) atoms. The number of carbonyl (C=O) groups is 3. The van der Waals surface area contributed by atoms with Crippen molar-refractivity contribution in [2.24, 2.45) is 0 Å². The van der Waals surface area contributed by atoms with Crippen molar-refractivity contribution in [3.8, 4) is 0 Å². The molecule has 0 bridgehead atoms. The van der Waals surface area contributed by atoms with Gasteiger partial charge in [0.25, 0.3) is 0 Å². The second-order valence-corrected chi connectivity index (χ2v) is 6.38. The van der Waals surface area contributed by atoms with Gasteiger partial charge in [0.05, 0.1) is 12.1 Å². The van der Waals surface area contributed by atoms with Gasteiger partial charge in [0.2, 0.25) is 17.7 Å². The van der Waals surface area contributed by atoms with Crippen molar-refractivity contribution in [2.45, 2.75) is 51.5 Å². The van der Waals surface area contributed by atoms with E-state index in [1.54, 1.807) is 5.38 Å². The summed E-state index contributed by atoms with van der Waals surface area (Å²) >= 11 is 1.28. The van der Waals surface area contributed by atoms with E-state index in [4.69, 9.17) is 0 Å². The van der Waals surface area contributed by atoms with Crippen LogP contribution in [0, 0.1) is 0 Å². The predicted octanol–water partition coefficient (Wildman–Crippen LogP) is 1.21. The number of hydrogen-bond donors (Lipinski definition) is 3. The topological polar surface area (TPSA) is 100 Å². The standard InChI is InChI=1S/C15H22N4O3S/c1-2-3-4-7-16-13(21)8-10-9-23-15(17-10)19-14(22)11-5-6-12(20)18-11/h9,11H,2-8H2,1H3,(H,16,21)(H,18,20)(H,17,19,22). The molecule has 126 valence electrons. The molecule has 7 nitrogen and oxygen atoms in total. The van der Waals surface area contributed by atoms with E-state index in [1.165, 1.54) is 11.3 Å². The molecule has 1 atom stereocenters. The molecule has 2 rings (SSSR count). The maximum Gasteiger partial charge on any atom is 0.248 e. The van der Waals surface area contributed by atoms with E-state index in [1.807, 2.05) is 0 Å². The molecule has 0 spiro atoms. The lowest BCUT2D eigenvalue weighted by Gasteiger charge is -2.08. The van der Waals surface area contributed by atoms with Crippen molar-refractivity contribution in [3.05, 3.63) is 11.1 Å². The monoisotopic (exact) mass is 338 g/mol. The molecule has 0 aromatic carbocycles. The minimum Gasteiger partial charge on any atom is -0.356 e. The summed E-state index contributed by atoms with van der Waals surface area (Å²) in [4.78, 5) is 39.1. The smallest absolute Gasteiger partial charge is 0.248 e. The van der Waals surface area contributed by atoms with E-state index in [2.05, 4.69) is 27.9 Å². The van der Waals surface area contributed by atoms with Crippen molar-refractivity contribution >= 4 is 34.2 Å². The Hall–Kier alpha value is -1.96. The van der Waals surface area contributed by atoms with Crippen LogP contribution in [0.2, 0.25) is 0 Å². The maximum absolute atomic E-state index is 12.0. The Morgan fingerprint density at radius 3 is 2.96 bits per heavy atom. The average molecular weight is 338 g/mol. The normalized spacial score (nSPS) is 16.9. The summed E-state index contributed by atoms with van der Waals surface area (Å²) in [6.07, 6.45) is 4.28. The Morgan fingerprint density at radius 1 is 1.43 bits per heavy atom. The number of rotatable bonds is 8. The molecule has 1 aromatic rings. The van der Waals surface area contributed by atoms with Crippen molar-refractivity contribution in [1.29, 1.82) is 0 Å². The highest BCUT2D eigenvalue weighted by atomic mass is 32.1. The van der Waals surface area contributed by atoms with Crippen LogP contribution in [0.5, 0.6) is 0 Å². The van der Waals surface area contributed by atoms with E-state index in [0.29, 0.717) is 30.2 Å². The van der Waals surface area contributed by atoms with Crippen LogP contribution < -0.4 is 16.0 Å². The second-order valence-electron chi connectivity index (χ2n) is 5.53. The van der Waals surface area contributed by atoms with Crippen molar-refractivity contribution in [2.75, 3.05) is 11.9 Å². The molecule has 1 aliphatic heterocycles. The first kappa shape index (κ1) is 17.4. The number of carbonyl (C=O) groups excluding carboxylic acids is 3. The molecule has 1 saturated heterocycles. The molecule has 1 fully saturated rings. The lowest BCUT2D eigenvalue weighted by molar-refractivity contribution is -0.122. The molecule has 2 heterocycles. The molecule has 1 unspecified atom stereocenters. The van der Waals surface area contributed by atoms with Gasteiger partial charge in [-0.1, -0.05) is 19.8 Å². The third-order valence-electron chi connectivity index (χ3n) is 3.54. The second kappa shape index (κ2) is 8.61. The molecule has 3 N–H and O–H groups in total. The SMILES string of the molecule is CCCCCNC(=O)Cc1csc(NC(=O)C2CCC(=O)N2)n1. The van der Waals surface area contributed by atoms with Gasteiger partial charge in [0.1, 0.15) is 6.04 Å². The van der Waals surface area contributed by atoms with E-state index in [-0.39, 0.29) is 24.1 Å². The Bertz CT molecular complexity index is 573. The van der Waals surface area contributed by atoms with E-state index >= 15 is 0 Å². The Labute approximate surface area is 139 Å². The van der Waals surface area contributed by atoms with Gasteiger partial charge in [-0.2, -0.15) is 0 Å². The van der Waals surface area contributed by atoms with Gasteiger partial charge >= 0.3 is 0 Å². The van der Waals surface area contributed by atoms with Crippen LogP contribution in [0.15, 0.2) is 5.38 Å². The Kier molecular flexibility index (Phi) is 6.52. The van der Waals surface area contributed by atoms with Gasteiger partial charge in [-0.15, -0.1) is 11.3 Å². The number of nitrogens with one attached hydrogen (secondary N) is 3. The quantitative estimate of drug-likeness (QED) is 0.620. The predicted molar refractivity (Wildman–Crippen MR) is 88.1 cm³/mol. The van der Waals surface area contributed by atoms with Crippen LogP contribution >= 0.6 is 11.3 Å². The molecular formula is C15H22N4O3S. The van der Waals surface area contributed by atoms with Crippen LogP contribution in [0.3, 0.4) is 0 Å². The zero-order valence-corrected chi connectivity index (χ0v) is 14.0. The van der Waals surface area contributed by atoms with E-state index in [0.717, 1.165) is 19.3 Å². The molecule has 1 aromatic heterocycles. The maximum atomic E-state index is 12.0. The summed E-state index contributed by atoms with van der Waals surface area (Å²) in [5, 5.41) is 10.4. The van der Waals surface area contributed by atoms with Crippen molar-refractivity contribution in [1.82, 2.24) is 15.6 Å². The molecule has 8 heteroatoms. The van der Waals surface area contributed by atoms with Gasteiger partial charge in [0, 0.05) is 18.3 Å². The van der Waals surface area contributed by atoms with Gasteiger partial charge in [-0.25, -0.2) is 4.98 Å². The fourth-order valence-corrected chi connectivity index (χ4v) is 2.99. The summed E-state index contributed by atoms with van der Waals surface area (Å²) in [6, 6.07) is -0.489. The fraction of sp³-hybridized carbons (Fsp3) is 0.600.